The van der Waals surface area contributed by atoms with Crippen LogP contribution in [0.3, 0.4) is 0 Å². The molecule has 15 heavy (non-hydrogen) atoms. The molecular formula is C9H7ClFN3O. The first kappa shape index (κ1) is 10.1. The number of halogens is 2. The van der Waals surface area contributed by atoms with Gasteiger partial charge in [-0.25, -0.2) is 4.39 Å². The van der Waals surface area contributed by atoms with Gasteiger partial charge in [-0.3, -0.25) is 0 Å². The second-order valence-electron chi connectivity index (χ2n) is 2.82. The summed E-state index contributed by atoms with van der Waals surface area (Å²) in [6.45, 7) is 0.120. The number of hydrogen-bond acceptors (Lipinski definition) is 4. The number of rotatable bonds is 2. The second kappa shape index (κ2) is 3.96. The van der Waals surface area contributed by atoms with Gasteiger partial charge in [-0.15, -0.1) is 0 Å². The maximum atomic E-state index is 13.5. The highest BCUT2D eigenvalue weighted by molar-refractivity contribution is 6.31. The molecule has 2 aromatic rings. The first-order valence-corrected chi connectivity index (χ1v) is 4.57. The zero-order chi connectivity index (χ0) is 10.8. The first-order chi connectivity index (χ1) is 7.22. The van der Waals surface area contributed by atoms with Crippen LogP contribution >= 0.6 is 11.6 Å². The monoisotopic (exact) mass is 227 g/mol. The maximum absolute atomic E-state index is 13.5. The van der Waals surface area contributed by atoms with Gasteiger partial charge in [-0.2, -0.15) is 4.98 Å². The summed E-state index contributed by atoms with van der Waals surface area (Å²) >= 11 is 5.62. The zero-order valence-electron chi connectivity index (χ0n) is 7.58. The van der Waals surface area contributed by atoms with Crippen molar-refractivity contribution in [3.63, 3.8) is 0 Å². The molecule has 0 aliphatic carbocycles. The minimum absolute atomic E-state index is 0.0200. The molecule has 1 heterocycles. The standard InChI is InChI=1S/C9H7ClFN3O/c10-6-3-1-2-5(8(6)11)9-13-7(4-12)15-14-9/h1-3H,4,12H2. The Labute approximate surface area is 89.8 Å². The van der Waals surface area contributed by atoms with Gasteiger partial charge in [-0.05, 0) is 12.1 Å². The molecule has 78 valence electrons. The number of hydrogen-bond donors (Lipinski definition) is 1. The fraction of sp³-hybridized carbons (Fsp3) is 0.111. The van der Waals surface area contributed by atoms with Crippen molar-refractivity contribution in [2.24, 2.45) is 5.73 Å². The van der Waals surface area contributed by atoms with E-state index < -0.39 is 5.82 Å². The molecule has 0 radical (unpaired) electrons. The van der Waals surface area contributed by atoms with E-state index >= 15 is 0 Å². The van der Waals surface area contributed by atoms with Gasteiger partial charge in [0.1, 0.15) is 0 Å². The Morgan fingerprint density at radius 1 is 1.47 bits per heavy atom. The highest BCUT2D eigenvalue weighted by atomic mass is 35.5. The van der Waals surface area contributed by atoms with E-state index in [-0.39, 0.29) is 28.8 Å². The lowest BCUT2D eigenvalue weighted by atomic mass is 10.2. The van der Waals surface area contributed by atoms with E-state index in [1.165, 1.54) is 12.1 Å². The SMILES string of the molecule is NCc1nc(-c2cccc(Cl)c2F)no1. The summed E-state index contributed by atoms with van der Waals surface area (Å²) in [4.78, 5) is 3.90. The van der Waals surface area contributed by atoms with Crippen LogP contribution in [-0.4, -0.2) is 10.1 Å². The van der Waals surface area contributed by atoms with Crippen LogP contribution in [-0.2, 0) is 6.54 Å². The molecule has 1 aromatic carbocycles. The molecular weight excluding hydrogens is 221 g/mol. The highest BCUT2D eigenvalue weighted by Gasteiger charge is 2.13. The summed E-state index contributed by atoms with van der Waals surface area (Å²) in [5, 5.41) is 3.61. The molecule has 0 fully saturated rings. The lowest BCUT2D eigenvalue weighted by molar-refractivity contribution is 0.380. The molecule has 0 amide bonds. The predicted molar refractivity (Wildman–Crippen MR) is 52.6 cm³/mol. The molecule has 0 spiro atoms. The van der Waals surface area contributed by atoms with Crippen molar-refractivity contribution in [1.82, 2.24) is 10.1 Å². The fourth-order valence-electron chi connectivity index (χ4n) is 1.12. The Bertz CT molecular complexity index is 486. The van der Waals surface area contributed by atoms with E-state index in [9.17, 15) is 4.39 Å². The average Bonchev–Trinajstić information content (AvgIpc) is 2.70. The third kappa shape index (κ3) is 1.84. The van der Waals surface area contributed by atoms with Crippen LogP contribution in [0.4, 0.5) is 4.39 Å². The van der Waals surface area contributed by atoms with Gasteiger partial charge >= 0.3 is 0 Å². The van der Waals surface area contributed by atoms with Crippen molar-refractivity contribution < 1.29 is 8.91 Å². The van der Waals surface area contributed by atoms with Crippen LogP contribution in [0.2, 0.25) is 5.02 Å². The van der Waals surface area contributed by atoms with Crippen molar-refractivity contribution in [2.45, 2.75) is 6.54 Å². The van der Waals surface area contributed by atoms with E-state index in [0.29, 0.717) is 0 Å². The largest absolute Gasteiger partial charge is 0.338 e. The Morgan fingerprint density at radius 3 is 2.93 bits per heavy atom. The highest BCUT2D eigenvalue weighted by Crippen LogP contribution is 2.25. The Morgan fingerprint density at radius 2 is 2.27 bits per heavy atom. The van der Waals surface area contributed by atoms with E-state index in [4.69, 9.17) is 21.9 Å². The van der Waals surface area contributed by atoms with E-state index in [2.05, 4.69) is 10.1 Å². The van der Waals surface area contributed by atoms with E-state index in [0.717, 1.165) is 0 Å². The van der Waals surface area contributed by atoms with Gasteiger partial charge in [0.15, 0.2) is 5.82 Å². The topological polar surface area (TPSA) is 64.9 Å². The molecule has 0 saturated carbocycles. The molecule has 0 unspecified atom stereocenters. The summed E-state index contributed by atoms with van der Waals surface area (Å²) in [5.74, 6) is -0.164. The summed E-state index contributed by atoms with van der Waals surface area (Å²) in [5.41, 5.74) is 5.49. The van der Waals surface area contributed by atoms with Gasteiger partial charge in [0.25, 0.3) is 0 Å². The Balaban J connectivity index is 2.49. The molecule has 0 atom stereocenters. The minimum Gasteiger partial charge on any atom is -0.338 e. The number of nitrogens with two attached hydrogens (primary N) is 1. The summed E-state index contributed by atoms with van der Waals surface area (Å²) in [6, 6.07) is 4.58. The molecule has 6 heteroatoms. The molecule has 0 aliphatic heterocycles. The third-order valence-electron chi connectivity index (χ3n) is 1.84. The minimum atomic E-state index is -0.566. The summed E-state index contributed by atoms with van der Waals surface area (Å²) in [7, 11) is 0. The van der Waals surface area contributed by atoms with Crippen LogP contribution < -0.4 is 5.73 Å². The van der Waals surface area contributed by atoms with Crippen molar-refractivity contribution in [3.05, 3.63) is 34.9 Å². The van der Waals surface area contributed by atoms with Crippen molar-refractivity contribution in [1.29, 1.82) is 0 Å². The van der Waals surface area contributed by atoms with Crippen LogP contribution in [0.25, 0.3) is 11.4 Å². The predicted octanol–water partition coefficient (Wildman–Crippen LogP) is 1.99. The summed E-state index contributed by atoms with van der Waals surface area (Å²) < 4.78 is 18.3. The molecule has 2 N–H and O–H groups in total. The molecule has 1 aromatic heterocycles. The van der Waals surface area contributed by atoms with Crippen molar-refractivity contribution >= 4 is 11.6 Å². The lowest BCUT2D eigenvalue weighted by Gasteiger charge is -1.98. The van der Waals surface area contributed by atoms with E-state index in [1.807, 2.05) is 0 Å². The van der Waals surface area contributed by atoms with Crippen LogP contribution in [0.1, 0.15) is 5.89 Å². The Hall–Kier alpha value is -1.46. The quantitative estimate of drug-likeness (QED) is 0.852. The second-order valence-corrected chi connectivity index (χ2v) is 3.22. The fourth-order valence-corrected chi connectivity index (χ4v) is 1.30. The zero-order valence-corrected chi connectivity index (χ0v) is 8.33. The smallest absolute Gasteiger partial charge is 0.240 e. The van der Waals surface area contributed by atoms with Gasteiger partial charge < -0.3 is 10.3 Å². The molecule has 2 rings (SSSR count). The van der Waals surface area contributed by atoms with Gasteiger partial charge in [-0.1, -0.05) is 22.8 Å². The molecule has 0 aliphatic rings. The van der Waals surface area contributed by atoms with Crippen LogP contribution in [0.15, 0.2) is 22.7 Å². The van der Waals surface area contributed by atoms with Crippen LogP contribution in [0, 0.1) is 5.82 Å². The number of nitrogens with zero attached hydrogens (tertiary/aromatic N) is 2. The molecule has 4 nitrogen and oxygen atoms in total. The third-order valence-corrected chi connectivity index (χ3v) is 2.13. The molecule has 0 bridgehead atoms. The lowest BCUT2D eigenvalue weighted by Crippen LogP contribution is -1.96. The first-order valence-electron chi connectivity index (χ1n) is 4.19. The van der Waals surface area contributed by atoms with E-state index in [1.54, 1.807) is 6.07 Å². The number of aromatic nitrogens is 2. The normalized spacial score (nSPS) is 10.6. The summed E-state index contributed by atoms with van der Waals surface area (Å²) in [6.07, 6.45) is 0. The average molecular weight is 228 g/mol. The molecule has 0 saturated heterocycles. The van der Waals surface area contributed by atoms with Gasteiger partial charge in [0.2, 0.25) is 11.7 Å². The maximum Gasteiger partial charge on any atom is 0.240 e. The van der Waals surface area contributed by atoms with Crippen LogP contribution in [0.5, 0.6) is 0 Å². The Kier molecular flexibility index (Phi) is 2.66. The van der Waals surface area contributed by atoms with Gasteiger partial charge in [0.05, 0.1) is 17.1 Å². The van der Waals surface area contributed by atoms with Gasteiger partial charge in [0, 0.05) is 0 Å². The van der Waals surface area contributed by atoms with Crippen molar-refractivity contribution in [2.75, 3.05) is 0 Å². The number of benzene rings is 1. The van der Waals surface area contributed by atoms with Crippen molar-refractivity contribution in [3.8, 4) is 11.4 Å².